The van der Waals surface area contributed by atoms with Gasteiger partial charge in [-0.05, 0) is 11.6 Å². The van der Waals surface area contributed by atoms with Crippen LogP contribution in [-0.4, -0.2) is 7.11 Å². The summed E-state index contributed by atoms with van der Waals surface area (Å²) in [6.45, 7) is 0.556. The number of hydrogen-bond acceptors (Lipinski definition) is 3. The van der Waals surface area contributed by atoms with Crippen molar-refractivity contribution in [3.05, 3.63) is 35.4 Å². The number of nitrogens with one attached hydrogen (secondary N) is 1. The van der Waals surface area contributed by atoms with E-state index in [0.717, 1.165) is 5.56 Å². The van der Waals surface area contributed by atoms with Gasteiger partial charge < -0.3 is 4.84 Å². The lowest BCUT2D eigenvalue weighted by molar-refractivity contribution is 0.0866. The van der Waals surface area contributed by atoms with Crippen molar-refractivity contribution in [2.24, 2.45) is 0 Å². The molecule has 0 bridgehead atoms. The number of hydrogen-bond donors (Lipinski definition) is 1. The molecule has 1 rings (SSSR count). The largest absolute Gasteiger partial charge is 0.305 e. The molecule has 0 aliphatic carbocycles. The third kappa shape index (κ3) is 2.06. The van der Waals surface area contributed by atoms with Crippen molar-refractivity contribution in [2.75, 3.05) is 7.11 Å². The van der Waals surface area contributed by atoms with Crippen LogP contribution in [0.2, 0.25) is 0 Å². The van der Waals surface area contributed by atoms with Gasteiger partial charge >= 0.3 is 0 Å². The molecule has 0 aliphatic rings. The van der Waals surface area contributed by atoms with Gasteiger partial charge in [-0.2, -0.15) is 10.7 Å². The van der Waals surface area contributed by atoms with Gasteiger partial charge in [0.15, 0.2) is 0 Å². The Morgan fingerprint density at radius 1 is 1.50 bits per heavy atom. The highest BCUT2D eigenvalue weighted by Gasteiger charge is 1.98. The smallest absolute Gasteiger partial charge is 0.0995 e. The zero-order valence-electron chi connectivity index (χ0n) is 6.87. The van der Waals surface area contributed by atoms with Gasteiger partial charge in [-0.1, -0.05) is 18.2 Å². The van der Waals surface area contributed by atoms with Crippen LogP contribution in [0.1, 0.15) is 11.1 Å². The SMILES string of the molecule is CONCc1ccccc1C#N. The summed E-state index contributed by atoms with van der Waals surface area (Å²) in [6.07, 6.45) is 0. The second-order valence-corrected chi connectivity index (χ2v) is 2.29. The monoisotopic (exact) mass is 162 g/mol. The number of rotatable bonds is 3. The summed E-state index contributed by atoms with van der Waals surface area (Å²) in [5.74, 6) is 0. The van der Waals surface area contributed by atoms with Crippen LogP contribution in [0.5, 0.6) is 0 Å². The Kier molecular flexibility index (Phi) is 3.27. The molecule has 3 heteroatoms. The van der Waals surface area contributed by atoms with Gasteiger partial charge in [0.2, 0.25) is 0 Å². The quantitative estimate of drug-likeness (QED) is 0.679. The summed E-state index contributed by atoms with van der Waals surface area (Å²) in [5.41, 5.74) is 4.32. The van der Waals surface area contributed by atoms with Gasteiger partial charge in [0.05, 0.1) is 18.7 Å². The van der Waals surface area contributed by atoms with Crippen LogP contribution in [0.4, 0.5) is 0 Å². The van der Waals surface area contributed by atoms with Crippen molar-refractivity contribution in [1.29, 1.82) is 5.26 Å². The van der Waals surface area contributed by atoms with E-state index in [2.05, 4.69) is 16.4 Å². The summed E-state index contributed by atoms with van der Waals surface area (Å²) in [6, 6.07) is 9.53. The Labute approximate surface area is 71.5 Å². The van der Waals surface area contributed by atoms with Crippen LogP contribution < -0.4 is 5.48 Å². The van der Waals surface area contributed by atoms with Crippen LogP contribution in [-0.2, 0) is 11.4 Å². The normalized spacial score (nSPS) is 9.33. The first-order valence-corrected chi connectivity index (χ1v) is 3.62. The fraction of sp³-hybridized carbons (Fsp3) is 0.222. The van der Waals surface area contributed by atoms with Gasteiger partial charge in [-0.3, -0.25) is 0 Å². The maximum Gasteiger partial charge on any atom is 0.0995 e. The molecule has 1 N–H and O–H groups in total. The predicted octanol–water partition coefficient (Wildman–Crippen LogP) is 1.21. The minimum Gasteiger partial charge on any atom is -0.305 e. The molecular formula is C9H10N2O. The van der Waals surface area contributed by atoms with Gasteiger partial charge in [0.1, 0.15) is 0 Å². The van der Waals surface area contributed by atoms with Crippen LogP contribution in [0.15, 0.2) is 24.3 Å². The third-order valence-corrected chi connectivity index (χ3v) is 1.54. The summed E-state index contributed by atoms with van der Waals surface area (Å²) >= 11 is 0. The molecule has 0 radical (unpaired) electrons. The zero-order chi connectivity index (χ0) is 8.81. The minimum atomic E-state index is 0.556. The molecule has 0 aliphatic heterocycles. The second kappa shape index (κ2) is 4.50. The third-order valence-electron chi connectivity index (χ3n) is 1.54. The van der Waals surface area contributed by atoms with Gasteiger partial charge in [0, 0.05) is 6.54 Å². The van der Waals surface area contributed by atoms with Gasteiger partial charge in [-0.25, -0.2) is 0 Å². The predicted molar refractivity (Wildman–Crippen MR) is 45.0 cm³/mol. The topological polar surface area (TPSA) is 45.0 Å². The highest BCUT2D eigenvalue weighted by Crippen LogP contribution is 2.05. The van der Waals surface area contributed by atoms with E-state index in [1.807, 2.05) is 18.2 Å². The van der Waals surface area contributed by atoms with E-state index < -0.39 is 0 Å². The molecular weight excluding hydrogens is 152 g/mol. The maximum atomic E-state index is 8.70. The van der Waals surface area contributed by atoms with E-state index in [-0.39, 0.29) is 0 Å². The van der Waals surface area contributed by atoms with E-state index in [4.69, 9.17) is 5.26 Å². The van der Waals surface area contributed by atoms with Crippen LogP contribution >= 0.6 is 0 Å². The molecule has 1 aromatic rings. The van der Waals surface area contributed by atoms with E-state index in [1.165, 1.54) is 0 Å². The van der Waals surface area contributed by atoms with Crippen LogP contribution in [0.25, 0.3) is 0 Å². The second-order valence-electron chi connectivity index (χ2n) is 2.29. The summed E-state index contributed by atoms with van der Waals surface area (Å²) in [7, 11) is 1.55. The lowest BCUT2D eigenvalue weighted by Gasteiger charge is -2.02. The molecule has 12 heavy (non-hydrogen) atoms. The van der Waals surface area contributed by atoms with Crippen molar-refractivity contribution in [3.8, 4) is 6.07 Å². The maximum absolute atomic E-state index is 8.70. The fourth-order valence-corrected chi connectivity index (χ4v) is 0.933. The first kappa shape index (κ1) is 8.72. The molecule has 0 unspecified atom stereocenters. The average molecular weight is 162 g/mol. The summed E-state index contributed by atoms with van der Waals surface area (Å²) in [4.78, 5) is 4.69. The molecule has 0 aromatic heterocycles. The molecule has 0 heterocycles. The van der Waals surface area contributed by atoms with Crippen molar-refractivity contribution < 1.29 is 4.84 Å². The standard InChI is InChI=1S/C9H10N2O/c1-12-11-7-9-5-3-2-4-8(9)6-10/h2-5,11H,7H2,1H3. The first-order chi connectivity index (χ1) is 5.88. The summed E-state index contributed by atoms with van der Waals surface area (Å²) in [5, 5.41) is 8.70. The minimum absolute atomic E-state index is 0.556. The van der Waals surface area contributed by atoms with E-state index in [9.17, 15) is 0 Å². The Morgan fingerprint density at radius 2 is 2.25 bits per heavy atom. The molecule has 0 spiro atoms. The number of hydroxylamine groups is 1. The van der Waals surface area contributed by atoms with Gasteiger partial charge in [-0.15, -0.1) is 0 Å². The zero-order valence-corrected chi connectivity index (χ0v) is 6.87. The van der Waals surface area contributed by atoms with E-state index in [0.29, 0.717) is 12.1 Å². The Bertz CT molecular complexity index is 291. The van der Waals surface area contributed by atoms with Crippen molar-refractivity contribution in [1.82, 2.24) is 5.48 Å². The van der Waals surface area contributed by atoms with E-state index in [1.54, 1.807) is 13.2 Å². The number of nitriles is 1. The molecule has 0 saturated carbocycles. The van der Waals surface area contributed by atoms with Gasteiger partial charge in [0.25, 0.3) is 0 Å². The molecule has 0 amide bonds. The van der Waals surface area contributed by atoms with Crippen LogP contribution in [0, 0.1) is 11.3 Å². The van der Waals surface area contributed by atoms with Crippen LogP contribution in [0.3, 0.4) is 0 Å². The fourth-order valence-electron chi connectivity index (χ4n) is 0.933. The number of nitrogens with zero attached hydrogens (tertiary/aromatic N) is 1. The highest BCUT2D eigenvalue weighted by atomic mass is 16.6. The Hall–Kier alpha value is -1.37. The Morgan fingerprint density at radius 3 is 2.92 bits per heavy atom. The first-order valence-electron chi connectivity index (χ1n) is 3.62. The molecule has 3 nitrogen and oxygen atoms in total. The molecule has 1 aromatic carbocycles. The highest BCUT2D eigenvalue weighted by molar-refractivity contribution is 5.36. The summed E-state index contributed by atoms with van der Waals surface area (Å²) < 4.78 is 0. The molecule has 0 fully saturated rings. The lowest BCUT2D eigenvalue weighted by atomic mass is 10.1. The molecule has 0 atom stereocenters. The Balaban J connectivity index is 2.77. The van der Waals surface area contributed by atoms with Crippen molar-refractivity contribution in [2.45, 2.75) is 6.54 Å². The van der Waals surface area contributed by atoms with E-state index >= 15 is 0 Å². The average Bonchev–Trinajstić information content (AvgIpc) is 2.15. The van der Waals surface area contributed by atoms with Crippen molar-refractivity contribution in [3.63, 3.8) is 0 Å². The molecule has 62 valence electrons. The van der Waals surface area contributed by atoms with Crippen molar-refractivity contribution >= 4 is 0 Å². The number of benzene rings is 1. The lowest BCUT2D eigenvalue weighted by Crippen LogP contribution is -2.11. The molecule has 0 saturated heterocycles.